The quantitative estimate of drug-likeness (QED) is 0.796. The number of Topliss-reactive ketones (excluding diaryl/α,β-unsaturated/α-hetero) is 1. The number of amides is 1. The molecule has 0 aromatic heterocycles. The summed E-state index contributed by atoms with van der Waals surface area (Å²) in [5.74, 6) is -1.60. The van der Waals surface area contributed by atoms with E-state index in [1.54, 1.807) is 18.2 Å². The van der Waals surface area contributed by atoms with Crippen LogP contribution in [0.25, 0.3) is 0 Å². The fraction of sp³-hybridized carbons (Fsp3) is 0.125. The predicted molar refractivity (Wildman–Crippen MR) is 78.1 cm³/mol. The average Bonchev–Trinajstić information content (AvgIpc) is 2.68. The molecule has 0 bridgehead atoms. The minimum absolute atomic E-state index is 0.00500. The summed E-state index contributed by atoms with van der Waals surface area (Å²) in [6.45, 7) is 2.04. The fourth-order valence-electron chi connectivity index (χ4n) is 2.39. The van der Waals surface area contributed by atoms with Gasteiger partial charge >= 0.3 is 0 Å². The minimum atomic E-state index is -0.573. The number of hydrogen-bond acceptors (Lipinski definition) is 2. The van der Waals surface area contributed by atoms with Crippen molar-refractivity contribution in [2.45, 2.75) is 13.5 Å². The number of rotatable bonds is 2. The lowest BCUT2D eigenvalue weighted by molar-refractivity contribution is -0.114. The van der Waals surface area contributed by atoms with Gasteiger partial charge in [0, 0.05) is 0 Å². The Morgan fingerprint density at radius 2 is 1.90 bits per heavy atom. The third-order valence-electron chi connectivity index (χ3n) is 3.45. The van der Waals surface area contributed by atoms with E-state index in [0.29, 0.717) is 16.8 Å². The van der Waals surface area contributed by atoms with Gasteiger partial charge in [0.15, 0.2) is 0 Å². The van der Waals surface area contributed by atoms with Gasteiger partial charge in [-0.1, -0.05) is 29.3 Å². The first kappa shape index (κ1) is 13.8. The molecule has 0 unspecified atom stereocenters. The van der Waals surface area contributed by atoms with Crippen LogP contribution in [0, 0.1) is 12.7 Å². The molecule has 3 rings (SSSR count). The van der Waals surface area contributed by atoms with E-state index in [1.807, 2.05) is 13.0 Å². The molecule has 0 saturated heterocycles. The molecule has 1 heterocycles. The Kier molecular flexibility index (Phi) is 3.26. The first-order valence-corrected chi connectivity index (χ1v) is 6.76. The molecule has 0 radical (unpaired) electrons. The summed E-state index contributed by atoms with van der Waals surface area (Å²) in [7, 11) is 0. The average molecular weight is 304 g/mol. The van der Waals surface area contributed by atoms with Crippen molar-refractivity contribution < 1.29 is 14.0 Å². The second kappa shape index (κ2) is 4.97. The van der Waals surface area contributed by atoms with Gasteiger partial charge in [0.2, 0.25) is 0 Å². The first-order valence-electron chi connectivity index (χ1n) is 6.38. The van der Waals surface area contributed by atoms with Crippen LogP contribution in [0.2, 0.25) is 5.02 Å². The van der Waals surface area contributed by atoms with Gasteiger partial charge in [0.1, 0.15) is 5.82 Å². The highest BCUT2D eigenvalue weighted by atomic mass is 35.5. The maximum Gasteiger partial charge on any atom is 0.299 e. The van der Waals surface area contributed by atoms with Crippen molar-refractivity contribution in [3.8, 4) is 0 Å². The summed E-state index contributed by atoms with van der Waals surface area (Å²) in [4.78, 5) is 25.5. The maximum absolute atomic E-state index is 13.2. The van der Waals surface area contributed by atoms with E-state index in [-0.39, 0.29) is 11.6 Å². The summed E-state index contributed by atoms with van der Waals surface area (Å²) in [6.07, 6.45) is 0. The number of anilines is 1. The third kappa shape index (κ3) is 2.32. The van der Waals surface area contributed by atoms with E-state index in [4.69, 9.17) is 11.6 Å². The first-order chi connectivity index (χ1) is 9.97. The summed E-state index contributed by atoms with van der Waals surface area (Å²) >= 11 is 5.74. The van der Waals surface area contributed by atoms with Crippen molar-refractivity contribution in [2.75, 3.05) is 4.90 Å². The number of benzene rings is 2. The van der Waals surface area contributed by atoms with Gasteiger partial charge in [-0.2, -0.15) is 0 Å². The van der Waals surface area contributed by atoms with Crippen LogP contribution in [0.4, 0.5) is 10.1 Å². The Morgan fingerprint density at radius 1 is 1.14 bits per heavy atom. The van der Waals surface area contributed by atoms with E-state index >= 15 is 0 Å². The fourth-order valence-corrected chi connectivity index (χ4v) is 2.59. The highest BCUT2D eigenvalue weighted by Crippen LogP contribution is 2.31. The number of aryl methyl sites for hydroxylation is 1. The molecule has 1 aliphatic heterocycles. The molecule has 1 aliphatic rings. The van der Waals surface area contributed by atoms with Crippen LogP contribution in [0.3, 0.4) is 0 Å². The smallest absolute Gasteiger partial charge is 0.299 e. The van der Waals surface area contributed by atoms with Crippen molar-refractivity contribution in [1.82, 2.24) is 0 Å². The molecule has 3 nitrogen and oxygen atoms in total. The van der Waals surface area contributed by atoms with Crippen molar-refractivity contribution >= 4 is 29.0 Å². The van der Waals surface area contributed by atoms with Crippen LogP contribution in [-0.2, 0) is 11.3 Å². The normalized spacial score (nSPS) is 13.8. The van der Waals surface area contributed by atoms with Crippen LogP contribution < -0.4 is 4.90 Å². The minimum Gasteiger partial charge on any atom is -0.300 e. The lowest BCUT2D eigenvalue weighted by Gasteiger charge is -2.17. The summed E-state index contributed by atoms with van der Waals surface area (Å²) in [5, 5.41) is -0.00500. The highest BCUT2D eigenvalue weighted by Gasteiger charge is 2.35. The molecule has 0 spiro atoms. The number of carbonyl (C=O) groups excluding carboxylic acids is 2. The standard InChI is InChI=1S/C16H11ClFNO2/c1-9-2-5-14-11(6-9)15(20)16(21)19(14)8-10-3-4-13(18)12(17)7-10/h2-7H,8H2,1H3. The second-order valence-electron chi connectivity index (χ2n) is 4.99. The lowest BCUT2D eigenvalue weighted by atomic mass is 10.1. The van der Waals surface area contributed by atoms with Gasteiger partial charge in [-0.25, -0.2) is 4.39 Å². The van der Waals surface area contributed by atoms with Crippen LogP contribution in [0.15, 0.2) is 36.4 Å². The monoisotopic (exact) mass is 303 g/mol. The summed E-state index contributed by atoms with van der Waals surface area (Å²) in [6, 6.07) is 9.54. The zero-order chi connectivity index (χ0) is 15.1. The van der Waals surface area contributed by atoms with Gasteiger partial charge in [-0.15, -0.1) is 0 Å². The molecule has 5 heteroatoms. The molecule has 1 amide bonds. The van der Waals surface area contributed by atoms with Crippen molar-refractivity contribution in [1.29, 1.82) is 0 Å². The highest BCUT2D eigenvalue weighted by molar-refractivity contribution is 6.52. The van der Waals surface area contributed by atoms with E-state index < -0.39 is 17.5 Å². The Morgan fingerprint density at radius 3 is 2.62 bits per heavy atom. The molecule has 0 N–H and O–H groups in total. The molecule has 0 fully saturated rings. The molecule has 21 heavy (non-hydrogen) atoms. The van der Waals surface area contributed by atoms with Gasteiger partial charge < -0.3 is 4.90 Å². The molecule has 0 atom stereocenters. The predicted octanol–water partition coefficient (Wildman–Crippen LogP) is 3.52. The van der Waals surface area contributed by atoms with Crippen molar-refractivity contribution in [2.24, 2.45) is 0 Å². The molecule has 0 saturated carbocycles. The zero-order valence-corrected chi connectivity index (χ0v) is 11.9. The Balaban J connectivity index is 1.98. The van der Waals surface area contributed by atoms with Crippen molar-refractivity contribution in [3.05, 3.63) is 63.9 Å². The number of hydrogen-bond donors (Lipinski definition) is 0. The maximum atomic E-state index is 13.2. The van der Waals surface area contributed by atoms with Gasteiger partial charge in [0.05, 0.1) is 22.8 Å². The van der Waals surface area contributed by atoms with E-state index in [9.17, 15) is 14.0 Å². The topological polar surface area (TPSA) is 37.4 Å². The molecule has 2 aromatic carbocycles. The number of fused-ring (bicyclic) bond motifs is 1. The molecule has 0 aliphatic carbocycles. The van der Waals surface area contributed by atoms with Gasteiger partial charge in [0.25, 0.3) is 11.7 Å². The number of halogens is 2. The third-order valence-corrected chi connectivity index (χ3v) is 3.74. The Labute approximate surface area is 125 Å². The number of carbonyl (C=O) groups is 2. The number of ketones is 1. The molecular weight excluding hydrogens is 293 g/mol. The van der Waals surface area contributed by atoms with Crippen LogP contribution >= 0.6 is 11.6 Å². The Hall–Kier alpha value is -2.20. The summed E-state index contributed by atoms with van der Waals surface area (Å²) < 4.78 is 13.2. The second-order valence-corrected chi connectivity index (χ2v) is 5.40. The SMILES string of the molecule is Cc1ccc2c(c1)C(=O)C(=O)N2Cc1ccc(F)c(Cl)c1. The number of nitrogens with zero attached hydrogens (tertiary/aromatic N) is 1. The van der Waals surface area contributed by atoms with Crippen molar-refractivity contribution in [3.63, 3.8) is 0 Å². The van der Waals surface area contributed by atoms with E-state index in [1.165, 1.54) is 17.0 Å². The van der Waals surface area contributed by atoms with Crippen LogP contribution in [0.1, 0.15) is 21.5 Å². The largest absolute Gasteiger partial charge is 0.300 e. The van der Waals surface area contributed by atoms with Gasteiger partial charge in [-0.05, 0) is 36.8 Å². The Bertz CT molecular complexity index is 773. The molecular formula is C16H11ClFNO2. The molecule has 2 aromatic rings. The van der Waals surface area contributed by atoms with Crippen LogP contribution in [0.5, 0.6) is 0 Å². The zero-order valence-electron chi connectivity index (χ0n) is 11.2. The molecule has 106 valence electrons. The summed E-state index contributed by atoms with van der Waals surface area (Å²) in [5.41, 5.74) is 2.57. The van der Waals surface area contributed by atoms with Gasteiger partial charge in [-0.3, -0.25) is 9.59 Å². The van der Waals surface area contributed by atoms with E-state index in [2.05, 4.69) is 0 Å². The van der Waals surface area contributed by atoms with Crippen LogP contribution in [-0.4, -0.2) is 11.7 Å². The lowest BCUT2D eigenvalue weighted by Crippen LogP contribution is -2.29. The van der Waals surface area contributed by atoms with E-state index in [0.717, 1.165) is 5.56 Å².